The number of fused-ring (bicyclic) bond motifs is 1. The lowest BCUT2D eigenvalue weighted by Crippen LogP contribution is -3.00. The number of rotatable bonds is 10. The number of aromatic nitrogens is 4. The Hall–Kier alpha value is -1.74. The van der Waals surface area contributed by atoms with E-state index < -0.39 is 0 Å². The number of unbranched alkanes of at least 4 members (excludes halogenated alkanes) is 3. The van der Waals surface area contributed by atoms with E-state index in [9.17, 15) is 0 Å². The highest BCUT2D eigenvalue weighted by molar-refractivity contribution is 5.60. The van der Waals surface area contributed by atoms with Gasteiger partial charge in [0.2, 0.25) is 0 Å². The summed E-state index contributed by atoms with van der Waals surface area (Å²) >= 11 is 0. The number of imidazole rings is 1. The molecule has 2 aromatic heterocycles. The van der Waals surface area contributed by atoms with Gasteiger partial charge in [0, 0.05) is 18.2 Å². The predicted octanol–water partition coefficient (Wildman–Crippen LogP) is 0.136. The van der Waals surface area contributed by atoms with Crippen LogP contribution in [0.15, 0.2) is 28.8 Å². The van der Waals surface area contributed by atoms with E-state index in [2.05, 4.69) is 49.1 Å². The molecule has 0 spiro atoms. The third-order valence-corrected chi connectivity index (χ3v) is 4.70. The highest BCUT2D eigenvalue weighted by Gasteiger charge is 2.19. The standard InChI is InChI=1S/C18H30N8.BrH/c1-2-3-4-5-10-24-13-14-25(11-6-8-19)18(24)23-22-16-15-21-26-12-7-9-20-17(16)26;/h13-15H,2-12,19H2,1H3;1H. The SMILES string of the molecule is CCCCCCn1cc[n+](CCCN)c1/N=N/c1cnn2c1NCCC2.[Br-]. The van der Waals surface area contributed by atoms with Crippen molar-refractivity contribution >= 4 is 17.5 Å². The van der Waals surface area contributed by atoms with Gasteiger partial charge in [0.1, 0.15) is 0 Å². The molecule has 3 N–H and O–H groups in total. The molecule has 0 bridgehead atoms. The molecule has 0 atom stereocenters. The Kier molecular flexibility index (Phi) is 8.93. The first kappa shape index (κ1) is 21.6. The summed E-state index contributed by atoms with van der Waals surface area (Å²) in [6.45, 7) is 6.62. The average Bonchev–Trinajstić information content (AvgIpc) is 3.25. The Morgan fingerprint density at radius 2 is 2.15 bits per heavy atom. The van der Waals surface area contributed by atoms with Crippen molar-refractivity contribution in [3.8, 4) is 0 Å². The van der Waals surface area contributed by atoms with Crippen LogP contribution < -0.4 is 32.6 Å². The van der Waals surface area contributed by atoms with Crippen LogP contribution in [0.4, 0.5) is 17.5 Å². The van der Waals surface area contributed by atoms with Crippen molar-refractivity contribution in [1.82, 2.24) is 14.3 Å². The van der Waals surface area contributed by atoms with E-state index in [1.807, 2.05) is 4.68 Å². The van der Waals surface area contributed by atoms with Crippen LogP contribution in [0.3, 0.4) is 0 Å². The second-order valence-electron chi connectivity index (χ2n) is 6.77. The Balaban J connectivity index is 0.00000261. The number of nitrogens with two attached hydrogens (primary N) is 1. The third-order valence-electron chi connectivity index (χ3n) is 4.70. The normalized spacial score (nSPS) is 13.4. The zero-order valence-corrected chi connectivity index (χ0v) is 17.7. The van der Waals surface area contributed by atoms with Gasteiger partial charge in [-0.15, -0.1) is 0 Å². The number of hydrogen-bond donors (Lipinski definition) is 2. The van der Waals surface area contributed by atoms with Gasteiger partial charge in [0.25, 0.3) is 0 Å². The molecule has 150 valence electrons. The molecule has 1 aliphatic rings. The second kappa shape index (κ2) is 11.2. The largest absolute Gasteiger partial charge is 1.00 e. The molecule has 0 unspecified atom stereocenters. The van der Waals surface area contributed by atoms with Crippen molar-refractivity contribution in [2.45, 2.75) is 65.1 Å². The number of anilines is 1. The van der Waals surface area contributed by atoms with E-state index in [0.29, 0.717) is 6.54 Å². The van der Waals surface area contributed by atoms with Crippen LogP contribution in [-0.2, 0) is 19.6 Å². The average molecular weight is 439 g/mol. The van der Waals surface area contributed by atoms with Gasteiger partial charge in [-0.1, -0.05) is 31.3 Å². The van der Waals surface area contributed by atoms with Crippen LogP contribution in [0.25, 0.3) is 0 Å². The quantitative estimate of drug-likeness (QED) is 0.314. The van der Waals surface area contributed by atoms with E-state index in [1.54, 1.807) is 6.20 Å². The van der Waals surface area contributed by atoms with Crippen LogP contribution in [0, 0.1) is 0 Å². The second-order valence-corrected chi connectivity index (χ2v) is 6.77. The first-order valence-corrected chi connectivity index (χ1v) is 9.83. The molecule has 0 radical (unpaired) electrons. The highest BCUT2D eigenvalue weighted by Crippen LogP contribution is 2.28. The maximum absolute atomic E-state index is 5.68. The molecular weight excluding hydrogens is 408 g/mol. The fourth-order valence-corrected chi connectivity index (χ4v) is 3.23. The number of halogens is 1. The van der Waals surface area contributed by atoms with Crippen LogP contribution in [0.1, 0.15) is 45.4 Å². The fourth-order valence-electron chi connectivity index (χ4n) is 3.23. The van der Waals surface area contributed by atoms with E-state index in [-0.39, 0.29) is 17.0 Å². The molecule has 0 saturated heterocycles. The van der Waals surface area contributed by atoms with Crippen LogP contribution in [-0.4, -0.2) is 27.4 Å². The van der Waals surface area contributed by atoms with E-state index in [0.717, 1.165) is 62.9 Å². The Labute approximate surface area is 171 Å². The van der Waals surface area contributed by atoms with Crippen LogP contribution >= 0.6 is 0 Å². The lowest BCUT2D eigenvalue weighted by Gasteiger charge is -2.15. The molecule has 8 nitrogen and oxygen atoms in total. The predicted molar refractivity (Wildman–Crippen MR) is 102 cm³/mol. The minimum absolute atomic E-state index is 0. The summed E-state index contributed by atoms with van der Waals surface area (Å²) in [5.41, 5.74) is 6.48. The van der Waals surface area contributed by atoms with Gasteiger partial charge in [-0.2, -0.15) is 5.10 Å². The summed E-state index contributed by atoms with van der Waals surface area (Å²) in [5.74, 6) is 1.85. The Bertz CT molecular complexity index is 721. The van der Waals surface area contributed by atoms with Gasteiger partial charge in [0.05, 0.1) is 31.7 Å². The summed E-state index contributed by atoms with van der Waals surface area (Å²) in [4.78, 5) is 0. The van der Waals surface area contributed by atoms with Crippen molar-refractivity contribution < 1.29 is 21.5 Å². The fraction of sp³-hybridized carbons (Fsp3) is 0.667. The zero-order valence-electron chi connectivity index (χ0n) is 16.1. The molecule has 0 amide bonds. The maximum Gasteiger partial charge on any atom is 0.421 e. The van der Waals surface area contributed by atoms with Gasteiger partial charge < -0.3 is 28.0 Å². The number of nitrogens with one attached hydrogen (secondary N) is 1. The van der Waals surface area contributed by atoms with Crippen molar-refractivity contribution in [3.05, 3.63) is 18.6 Å². The zero-order chi connectivity index (χ0) is 18.2. The molecule has 2 aromatic rings. The Morgan fingerprint density at radius 3 is 2.96 bits per heavy atom. The lowest BCUT2D eigenvalue weighted by atomic mass is 10.2. The molecule has 0 aromatic carbocycles. The first-order chi connectivity index (χ1) is 12.8. The molecular formula is C18H31BrN8. The summed E-state index contributed by atoms with van der Waals surface area (Å²) in [6, 6.07) is 0. The third kappa shape index (κ3) is 5.62. The maximum atomic E-state index is 5.68. The van der Waals surface area contributed by atoms with Crippen LogP contribution in [0.2, 0.25) is 0 Å². The molecule has 3 heterocycles. The molecule has 0 saturated carbocycles. The van der Waals surface area contributed by atoms with Crippen molar-refractivity contribution in [2.75, 3.05) is 18.4 Å². The molecule has 9 heteroatoms. The van der Waals surface area contributed by atoms with E-state index >= 15 is 0 Å². The smallest absolute Gasteiger partial charge is 0.421 e. The van der Waals surface area contributed by atoms with Gasteiger partial charge in [-0.3, -0.25) is 0 Å². The topological polar surface area (TPSA) is 89.4 Å². The van der Waals surface area contributed by atoms with Crippen LogP contribution in [0.5, 0.6) is 0 Å². The summed E-state index contributed by atoms with van der Waals surface area (Å²) < 4.78 is 6.29. The van der Waals surface area contributed by atoms with Gasteiger partial charge in [-0.05, 0) is 25.8 Å². The summed E-state index contributed by atoms with van der Waals surface area (Å²) in [5, 5.41) is 16.8. The monoisotopic (exact) mass is 438 g/mol. The number of aryl methyl sites for hydroxylation is 3. The number of hydrogen-bond acceptors (Lipinski definition) is 5. The van der Waals surface area contributed by atoms with Crippen molar-refractivity contribution in [3.63, 3.8) is 0 Å². The highest BCUT2D eigenvalue weighted by atomic mass is 79.9. The first-order valence-electron chi connectivity index (χ1n) is 9.83. The summed E-state index contributed by atoms with van der Waals surface area (Å²) in [6.07, 6.45) is 12.9. The van der Waals surface area contributed by atoms with Gasteiger partial charge >= 0.3 is 5.95 Å². The Morgan fingerprint density at radius 1 is 1.26 bits per heavy atom. The molecule has 0 fully saturated rings. The van der Waals surface area contributed by atoms with Crippen molar-refractivity contribution in [2.24, 2.45) is 16.0 Å². The van der Waals surface area contributed by atoms with E-state index in [4.69, 9.17) is 5.73 Å². The van der Waals surface area contributed by atoms with E-state index in [1.165, 1.54) is 19.3 Å². The minimum Gasteiger partial charge on any atom is -1.00 e. The molecule has 27 heavy (non-hydrogen) atoms. The number of azo groups is 1. The van der Waals surface area contributed by atoms with Crippen molar-refractivity contribution in [1.29, 1.82) is 0 Å². The molecule has 3 rings (SSSR count). The van der Waals surface area contributed by atoms with Gasteiger partial charge in [-0.25, -0.2) is 13.8 Å². The minimum atomic E-state index is 0. The summed E-state index contributed by atoms with van der Waals surface area (Å²) in [7, 11) is 0. The lowest BCUT2D eigenvalue weighted by molar-refractivity contribution is -0.683. The molecule has 0 aliphatic carbocycles. The van der Waals surface area contributed by atoms with Gasteiger partial charge in [0.15, 0.2) is 11.5 Å². The number of nitrogens with zero attached hydrogens (tertiary/aromatic N) is 6. The molecule has 1 aliphatic heterocycles.